The third-order valence-corrected chi connectivity index (χ3v) is 5.44. The highest BCUT2D eigenvalue weighted by Crippen LogP contribution is 2.27. The van der Waals surface area contributed by atoms with Crippen molar-refractivity contribution in [2.24, 2.45) is 0 Å². The van der Waals surface area contributed by atoms with Gasteiger partial charge in [-0.1, -0.05) is 36.4 Å². The summed E-state index contributed by atoms with van der Waals surface area (Å²) in [5.74, 6) is 0.338. The highest BCUT2D eigenvalue weighted by Gasteiger charge is 2.16. The molecule has 30 heavy (non-hydrogen) atoms. The molecule has 0 saturated carbocycles. The zero-order chi connectivity index (χ0) is 21.1. The fourth-order valence-corrected chi connectivity index (χ4v) is 3.49. The molecule has 8 heteroatoms. The van der Waals surface area contributed by atoms with Crippen molar-refractivity contribution in [3.05, 3.63) is 87.2 Å². The highest BCUT2D eigenvalue weighted by molar-refractivity contribution is 7.13. The molecular weight excluding hydrogens is 398 g/mol. The van der Waals surface area contributed by atoms with Gasteiger partial charge in [-0.15, -0.1) is 11.3 Å². The minimum Gasteiger partial charge on any atom is -0.307 e. The number of benzene rings is 1. The molecule has 4 rings (SSSR count). The smallest absolute Gasteiger partial charge is 0.255 e. The Kier molecular flexibility index (Phi) is 5.40. The second kappa shape index (κ2) is 8.30. The number of H-pyrrole nitrogens is 1. The first-order valence-electron chi connectivity index (χ1n) is 9.27. The molecule has 1 aromatic carbocycles. The maximum absolute atomic E-state index is 12.5. The van der Waals surface area contributed by atoms with Crippen molar-refractivity contribution in [3.63, 3.8) is 0 Å². The third-order valence-electron chi connectivity index (χ3n) is 4.54. The van der Waals surface area contributed by atoms with Crippen LogP contribution in [0.1, 0.15) is 16.8 Å². The maximum Gasteiger partial charge on any atom is 0.255 e. The van der Waals surface area contributed by atoms with Gasteiger partial charge in [0.2, 0.25) is 11.9 Å². The largest absolute Gasteiger partial charge is 0.307 e. The van der Waals surface area contributed by atoms with Crippen LogP contribution in [0.3, 0.4) is 0 Å². The Morgan fingerprint density at radius 2 is 1.97 bits per heavy atom. The summed E-state index contributed by atoms with van der Waals surface area (Å²) >= 11 is 1.53. The van der Waals surface area contributed by atoms with Crippen molar-refractivity contribution in [3.8, 4) is 16.5 Å². The minimum atomic E-state index is -0.316. The molecule has 0 aliphatic carbocycles. The van der Waals surface area contributed by atoms with Gasteiger partial charge in [-0.2, -0.15) is 9.78 Å². The summed E-state index contributed by atoms with van der Waals surface area (Å²) in [6.07, 6.45) is 3.18. The summed E-state index contributed by atoms with van der Waals surface area (Å²) in [6.45, 7) is 3.47. The number of carbonyl (C=O) groups is 1. The predicted molar refractivity (Wildman–Crippen MR) is 119 cm³/mol. The van der Waals surface area contributed by atoms with E-state index in [0.717, 1.165) is 10.4 Å². The molecular formula is C22H19N5O2S. The fraction of sp³-hybridized carbons (Fsp3) is 0.0909. The van der Waals surface area contributed by atoms with E-state index in [4.69, 9.17) is 0 Å². The lowest BCUT2D eigenvalue weighted by atomic mass is 10.2. The van der Waals surface area contributed by atoms with E-state index < -0.39 is 0 Å². The summed E-state index contributed by atoms with van der Waals surface area (Å²) in [5, 5.41) is 9.34. The molecule has 4 aromatic rings. The number of rotatable bonds is 5. The molecule has 3 aromatic heterocycles. The lowest BCUT2D eigenvalue weighted by Crippen LogP contribution is -2.20. The van der Waals surface area contributed by atoms with Crippen molar-refractivity contribution < 1.29 is 4.79 Å². The van der Waals surface area contributed by atoms with Gasteiger partial charge in [-0.25, -0.2) is 4.98 Å². The Bertz CT molecular complexity index is 1270. The number of amides is 1. The van der Waals surface area contributed by atoms with Crippen LogP contribution in [0.15, 0.2) is 64.8 Å². The quantitative estimate of drug-likeness (QED) is 0.481. The normalized spacial score (nSPS) is 11.1. The summed E-state index contributed by atoms with van der Waals surface area (Å²) in [5.41, 5.74) is 2.49. The number of aromatic amines is 1. The zero-order valence-electron chi connectivity index (χ0n) is 16.4. The summed E-state index contributed by atoms with van der Waals surface area (Å²) in [6, 6.07) is 15.2. The molecule has 0 aliphatic rings. The summed E-state index contributed by atoms with van der Waals surface area (Å²) in [4.78, 5) is 32.9. The second-order valence-corrected chi connectivity index (χ2v) is 7.58. The standard InChI is InChI=1S/C22H19N5O2S/c1-14-15(2)23-22(25-21(14)29)27-19(13-17(26-27)18-9-6-12-30-18)24-20(28)11-10-16-7-4-3-5-8-16/h3-13H,1-2H3,(H,24,28)(H,23,25,29)/b11-10-. The molecule has 2 N–H and O–H groups in total. The van der Waals surface area contributed by atoms with Gasteiger partial charge < -0.3 is 5.32 Å². The second-order valence-electron chi connectivity index (χ2n) is 6.64. The first-order chi connectivity index (χ1) is 14.5. The zero-order valence-corrected chi connectivity index (χ0v) is 17.2. The topological polar surface area (TPSA) is 92.7 Å². The number of nitrogens with zero attached hydrogens (tertiary/aromatic N) is 3. The van der Waals surface area contributed by atoms with Crippen LogP contribution in [0.25, 0.3) is 22.6 Å². The molecule has 0 bridgehead atoms. The average molecular weight is 417 g/mol. The molecule has 0 atom stereocenters. The van der Waals surface area contributed by atoms with Crippen molar-refractivity contribution in [1.29, 1.82) is 0 Å². The SMILES string of the molecule is Cc1nc(-n2nc(-c3cccs3)cc2NC(=O)/C=C\c2ccccc2)[nH]c(=O)c1C. The molecule has 0 saturated heterocycles. The van der Waals surface area contributed by atoms with E-state index in [-0.39, 0.29) is 17.4 Å². The van der Waals surface area contributed by atoms with E-state index >= 15 is 0 Å². The van der Waals surface area contributed by atoms with Gasteiger partial charge in [-0.3, -0.25) is 14.6 Å². The molecule has 0 unspecified atom stereocenters. The Morgan fingerprint density at radius 3 is 2.67 bits per heavy atom. The molecule has 0 spiro atoms. The van der Waals surface area contributed by atoms with E-state index in [1.807, 2.05) is 47.8 Å². The van der Waals surface area contributed by atoms with E-state index in [9.17, 15) is 9.59 Å². The predicted octanol–water partition coefficient (Wildman–Crippen LogP) is 3.95. The van der Waals surface area contributed by atoms with Crippen LogP contribution < -0.4 is 10.9 Å². The van der Waals surface area contributed by atoms with Gasteiger partial charge in [-0.05, 0) is 36.9 Å². The lowest BCUT2D eigenvalue weighted by Gasteiger charge is -2.08. The minimum absolute atomic E-state index is 0.244. The number of aromatic nitrogens is 4. The summed E-state index contributed by atoms with van der Waals surface area (Å²) in [7, 11) is 0. The Morgan fingerprint density at radius 1 is 1.17 bits per heavy atom. The van der Waals surface area contributed by atoms with E-state index in [0.29, 0.717) is 22.8 Å². The van der Waals surface area contributed by atoms with Gasteiger partial charge in [0.15, 0.2) is 0 Å². The molecule has 1 amide bonds. The number of thiophene rings is 1. The first-order valence-corrected chi connectivity index (χ1v) is 10.1. The van der Waals surface area contributed by atoms with Crippen molar-refractivity contribution in [2.75, 3.05) is 5.32 Å². The lowest BCUT2D eigenvalue weighted by molar-refractivity contribution is -0.111. The third kappa shape index (κ3) is 4.13. The van der Waals surface area contributed by atoms with Crippen LogP contribution in [-0.4, -0.2) is 25.7 Å². The Labute approximate surface area is 176 Å². The van der Waals surface area contributed by atoms with Gasteiger partial charge in [0.05, 0.1) is 4.88 Å². The van der Waals surface area contributed by atoms with Gasteiger partial charge in [0.25, 0.3) is 5.56 Å². The maximum atomic E-state index is 12.5. The number of nitrogens with one attached hydrogen (secondary N) is 2. The van der Waals surface area contributed by atoms with E-state index in [1.165, 1.54) is 22.1 Å². The van der Waals surface area contributed by atoms with Crippen LogP contribution in [0, 0.1) is 13.8 Å². The van der Waals surface area contributed by atoms with E-state index in [1.54, 1.807) is 26.0 Å². The van der Waals surface area contributed by atoms with Crippen LogP contribution in [0.4, 0.5) is 5.82 Å². The van der Waals surface area contributed by atoms with Crippen LogP contribution in [0.2, 0.25) is 0 Å². The number of aryl methyl sites for hydroxylation is 1. The Balaban J connectivity index is 1.70. The number of anilines is 1. The van der Waals surface area contributed by atoms with Crippen LogP contribution in [0.5, 0.6) is 0 Å². The Hall–Kier alpha value is -3.78. The van der Waals surface area contributed by atoms with E-state index in [2.05, 4.69) is 20.4 Å². The van der Waals surface area contributed by atoms with Crippen LogP contribution in [-0.2, 0) is 4.79 Å². The molecule has 0 aliphatic heterocycles. The van der Waals surface area contributed by atoms with Crippen LogP contribution >= 0.6 is 11.3 Å². The highest BCUT2D eigenvalue weighted by atomic mass is 32.1. The monoisotopic (exact) mass is 417 g/mol. The van der Waals surface area contributed by atoms with Gasteiger partial charge in [0, 0.05) is 23.4 Å². The number of hydrogen-bond acceptors (Lipinski definition) is 5. The molecule has 3 heterocycles. The number of hydrogen-bond donors (Lipinski definition) is 2. The fourth-order valence-electron chi connectivity index (χ4n) is 2.81. The van der Waals surface area contributed by atoms with Gasteiger partial charge in [0.1, 0.15) is 11.5 Å². The summed E-state index contributed by atoms with van der Waals surface area (Å²) < 4.78 is 1.44. The molecule has 150 valence electrons. The average Bonchev–Trinajstić information content (AvgIpc) is 3.41. The van der Waals surface area contributed by atoms with Crippen molar-refractivity contribution in [1.82, 2.24) is 19.7 Å². The number of carbonyl (C=O) groups excluding carboxylic acids is 1. The molecule has 7 nitrogen and oxygen atoms in total. The molecule has 0 fully saturated rings. The van der Waals surface area contributed by atoms with Crippen molar-refractivity contribution in [2.45, 2.75) is 13.8 Å². The van der Waals surface area contributed by atoms with Gasteiger partial charge >= 0.3 is 0 Å². The van der Waals surface area contributed by atoms with Crippen molar-refractivity contribution >= 4 is 29.1 Å². The molecule has 0 radical (unpaired) electrons. The first kappa shape index (κ1) is 19.5.